The van der Waals surface area contributed by atoms with Gasteiger partial charge in [0.25, 0.3) is 5.91 Å². The number of benzene rings is 2. The minimum atomic E-state index is -3.36. The third kappa shape index (κ3) is 5.58. The number of nitrogens with zero attached hydrogens (tertiary/aromatic N) is 1. The Kier molecular flexibility index (Phi) is 6.67. The van der Waals surface area contributed by atoms with Crippen LogP contribution in [-0.4, -0.2) is 33.7 Å². The van der Waals surface area contributed by atoms with Crippen molar-refractivity contribution in [2.24, 2.45) is 0 Å². The van der Waals surface area contributed by atoms with Crippen molar-refractivity contribution >= 4 is 38.9 Å². The Morgan fingerprint density at radius 3 is 2.41 bits per heavy atom. The summed E-state index contributed by atoms with van der Waals surface area (Å²) in [4.78, 5) is 12.4. The first-order valence-corrected chi connectivity index (χ1v) is 10.3. The molecule has 0 aliphatic heterocycles. The number of nitrogens with one attached hydrogen (secondary N) is 1. The molecule has 1 amide bonds. The molecule has 0 fully saturated rings. The molecule has 2 aromatic rings. The molecule has 6 nitrogen and oxygen atoms in total. The van der Waals surface area contributed by atoms with Crippen LogP contribution in [0, 0.1) is 5.82 Å². The second-order valence-corrected chi connectivity index (χ2v) is 8.28. The fourth-order valence-corrected chi connectivity index (χ4v) is 2.89. The lowest BCUT2D eigenvalue weighted by molar-refractivity contribution is -0.122. The number of amides is 1. The van der Waals surface area contributed by atoms with Crippen LogP contribution < -0.4 is 14.4 Å². The fraction of sp³-hybridized carbons (Fsp3) is 0.278. The van der Waals surface area contributed by atoms with Gasteiger partial charge in [0, 0.05) is 12.7 Å². The molecule has 9 heteroatoms. The van der Waals surface area contributed by atoms with Crippen LogP contribution in [0.4, 0.5) is 15.8 Å². The smallest absolute Gasteiger partial charge is 0.265 e. The first kappa shape index (κ1) is 21.0. The fourth-order valence-electron chi connectivity index (χ4n) is 2.21. The maximum Gasteiger partial charge on any atom is 0.265 e. The highest BCUT2D eigenvalue weighted by atomic mass is 35.5. The summed E-state index contributed by atoms with van der Waals surface area (Å²) < 4.78 is 43.1. The zero-order valence-electron chi connectivity index (χ0n) is 15.1. The van der Waals surface area contributed by atoms with Gasteiger partial charge in [-0.05, 0) is 48.9 Å². The van der Waals surface area contributed by atoms with Crippen LogP contribution in [0.25, 0.3) is 0 Å². The molecule has 1 N–H and O–H groups in total. The minimum absolute atomic E-state index is 0.0904. The highest BCUT2D eigenvalue weighted by Gasteiger charge is 2.19. The summed E-state index contributed by atoms with van der Waals surface area (Å²) >= 11 is 5.71. The molecule has 0 bridgehead atoms. The number of carbonyl (C=O) groups is 1. The van der Waals surface area contributed by atoms with Gasteiger partial charge in [-0.1, -0.05) is 18.5 Å². The lowest BCUT2D eigenvalue weighted by atomic mass is 10.2. The Bertz CT molecular complexity index is 919. The lowest BCUT2D eigenvalue weighted by Crippen LogP contribution is -2.32. The average Bonchev–Trinajstić information content (AvgIpc) is 2.61. The summed E-state index contributed by atoms with van der Waals surface area (Å²) in [6, 6.07) is 10.2. The third-order valence-corrected chi connectivity index (χ3v) is 5.32. The van der Waals surface area contributed by atoms with Crippen LogP contribution in [0.2, 0.25) is 5.02 Å². The van der Waals surface area contributed by atoms with Gasteiger partial charge in [-0.2, -0.15) is 0 Å². The van der Waals surface area contributed by atoms with Gasteiger partial charge in [0.05, 0.1) is 17.0 Å². The molecule has 0 radical (unpaired) electrons. The van der Waals surface area contributed by atoms with E-state index < -0.39 is 27.9 Å². The van der Waals surface area contributed by atoms with Crippen molar-refractivity contribution in [1.82, 2.24) is 0 Å². The van der Waals surface area contributed by atoms with Gasteiger partial charge in [0.2, 0.25) is 10.0 Å². The Morgan fingerprint density at radius 2 is 1.89 bits per heavy atom. The highest BCUT2D eigenvalue weighted by molar-refractivity contribution is 7.92. The van der Waals surface area contributed by atoms with Crippen molar-refractivity contribution in [3.05, 3.63) is 53.3 Å². The molecule has 0 aromatic heterocycles. The van der Waals surface area contributed by atoms with Crippen molar-refractivity contribution in [2.75, 3.05) is 22.9 Å². The van der Waals surface area contributed by atoms with E-state index in [0.29, 0.717) is 23.5 Å². The number of rotatable bonds is 7. The number of hydrogen-bond donors (Lipinski definition) is 1. The summed E-state index contributed by atoms with van der Waals surface area (Å²) in [7, 11) is -1.91. The maximum atomic E-state index is 13.2. The Morgan fingerprint density at radius 1 is 1.26 bits per heavy atom. The summed E-state index contributed by atoms with van der Waals surface area (Å²) in [5.74, 6) is -0.561. The Balaban J connectivity index is 2.07. The second kappa shape index (κ2) is 8.58. The van der Waals surface area contributed by atoms with Crippen molar-refractivity contribution in [3.63, 3.8) is 0 Å². The van der Waals surface area contributed by atoms with Crippen molar-refractivity contribution in [1.29, 1.82) is 0 Å². The van der Waals surface area contributed by atoms with Gasteiger partial charge in [-0.25, -0.2) is 12.8 Å². The van der Waals surface area contributed by atoms with E-state index in [2.05, 4.69) is 5.32 Å². The topological polar surface area (TPSA) is 75.7 Å². The number of anilines is 2. The van der Waals surface area contributed by atoms with E-state index in [-0.39, 0.29) is 5.02 Å². The van der Waals surface area contributed by atoms with E-state index in [0.717, 1.165) is 16.6 Å². The molecule has 2 aromatic carbocycles. The molecule has 0 aliphatic carbocycles. The van der Waals surface area contributed by atoms with E-state index in [1.807, 2.05) is 0 Å². The summed E-state index contributed by atoms with van der Waals surface area (Å²) in [5.41, 5.74) is 0.835. The van der Waals surface area contributed by atoms with E-state index in [9.17, 15) is 17.6 Å². The number of ether oxygens (including phenoxy) is 1. The molecule has 1 atom stereocenters. The van der Waals surface area contributed by atoms with Crippen molar-refractivity contribution < 1.29 is 22.3 Å². The summed E-state index contributed by atoms with van der Waals surface area (Å²) in [6.45, 7) is 1.79. The maximum absolute atomic E-state index is 13.2. The summed E-state index contributed by atoms with van der Waals surface area (Å²) in [6.07, 6.45) is 0.717. The van der Waals surface area contributed by atoms with E-state index in [4.69, 9.17) is 16.3 Å². The Hall–Kier alpha value is -2.32. The highest BCUT2D eigenvalue weighted by Crippen LogP contribution is 2.23. The van der Waals surface area contributed by atoms with E-state index in [1.54, 1.807) is 31.2 Å². The molecule has 146 valence electrons. The molecule has 0 aliphatic rings. The zero-order valence-corrected chi connectivity index (χ0v) is 16.6. The monoisotopic (exact) mass is 414 g/mol. The van der Waals surface area contributed by atoms with Crippen LogP contribution in [0.5, 0.6) is 5.75 Å². The SMILES string of the molecule is CC[C@@H](Oc1ccc(N(C)S(C)(=O)=O)cc1)C(=O)Nc1ccc(F)c(Cl)c1. The quantitative estimate of drug-likeness (QED) is 0.750. The zero-order chi connectivity index (χ0) is 20.2. The number of hydrogen-bond acceptors (Lipinski definition) is 4. The molecular formula is C18H20ClFN2O4S. The molecule has 0 saturated carbocycles. The third-order valence-electron chi connectivity index (χ3n) is 3.83. The molecule has 2 rings (SSSR count). The number of halogens is 2. The summed E-state index contributed by atoms with van der Waals surface area (Å²) in [5, 5.41) is 2.54. The molecular weight excluding hydrogens is 395 g/mol. The van der Waals surface area contributed by atoms with Gasteiger partial charge < -0.3 is 10.1 Å². The van der Waals surface area contributed by atoms with Crippen LogP contribution in [0.3, 0.4) is 0 Å². The number of sulfonamides is 1. The first-order chi connectivity index (χ1) is 12.6. The van der Waals surface area contributed by atoms with Gasteiger partial charge in [-0.3, -0.25) is 9.10 Å². The lowest BCUT2D eigenvalue weighted by Gasteiger charge is -2.19. The number of carbonyl (C=O) groups excluding carboxylic acids is 1. The Labute approximate surface area is 162 Å². The molecule has 0 heterocycles. The van der Waals surface area contributed by atoms with Gasteiger partial charge in [0.15, 0.2) is 6.10 Å². The van der Waals surface area contributed by atoms with Crippen LogP contribution in [0.15, 0.2) is 42.5 Å². The average molecular weight is 415 g/mol. The molecule has 27 heavy (non-hydrogen) atoms. The molecule has 0 unspecified atom stereocenters. The second-order valence-electron chi connectivity index (χ2n) is 5.86. The van der Waals surface area contributed by atoms with Crippen LogP contribution in [-0.2, 0) is 14.8 Å². The standard InChI is InChI=1S/C18H20ClFN2O4S/c1-4-17(18(23)21-12-5-10-16(20)15(19)11-12)26-14-8-6-13(7-9-14)22(2)27(3,24)25/h5-11,17H,4H2,1-3H3,(H,21,23)/t17-/m1/s1. The normalized spacial score (nSPS) is 12.3. The van der Waals surface area contributed by atoms with E-state index >= 15 is 0 Å². The largest absolute Gasteiger partial charge is 0.481 e. The minimum Gasteiger partial charge on any atom is -0.481 e. The van der Waals surface area contributed by atoms with E-state index in [1.165, 1.54) is 19.2 Å². The van der Waals surface area contributed by atoms with Crippen molar-refractivity contribution in [2.45, 2.75) is 19.4 Å². The predicted octanol–water partition coefficient (Wildman–Crippen LogP) is 3.67. The van der Waals surface area contributed by atoms with Gasteiger partial charge in [-0.15, -0.1) is 0 Å². The predicted molar refractivity (Wildman–Crippen MR) is 104 cm³/mol. The van der Waals surface area contributed by atoms with Crippen LogP contribution >= 0.6 is 11.6 Å². The first-order valence-electron chi connectivity index (χ1n) is 8.08. The van der Waals surface area contributed by atoms with Crippen molar-refractivity contribution in [3.8, 4) is 5.75 Å². The molecule has 0 spiro atoms. The molecule has 0 saturated heterocycles. The van der Waals surface area contributed by atoms with Crippen LogP contribution in [0.1, 0.15) is 13.3 Å². The van der Waals surface area contributed by atoms with Gasteiger partial charge >= 0.3 is 0 Å². The van der Waals surface area contributed by atoms with Gasteiger partial charge in [0.1, 0.15) is 11.6 Å².